The van der Waals surface area contributed by atoms with E-state index in [1.54, 1.807) is 6.92 Å². The highest BCUT2D eigenvalue weighted by Gasteiger charge is 2.30. The van der Waals surface area contributed by atoms with Crippen LogP contribution in [0.4, 0.5) is 0 Å². The maximum absolute atomic E-state index is 12.7. The second-order valence-corrected chi connectivity index (χ2v) is 7.07. The number of ketones is 1. The molecule has 2 aromatic rings. The number of hydrogen-bond donors (Lipinski definition) is 0. The van der Waals surface area contributed by atoms with Crippen LogP contribution in [-0.4, -0.2) is 23.1 Å². The quantitative estimate of drug-likeness (QED) is 0.791. The van der Waals surface area contributed by atoms with E-state index in [9.17, 15) is 9.59 Å². The van der Waals surface area contributed by atoms with Gasteiger partial charge in [0, 0.05) is 6.54 Å². The maximum atomic E-state index is 12.7. The molecule has 0 spiro atoms. The Hall–Kier alpha value is -1.94. The normalized spacial score (nSPS) is 17.5. The largest absolute Gasteiger partial charge is 0.335 e. The molecule has 120 valence electrons. The molecule has 0 aliphatic carbocycles. The van der Waals surface area contributed by atoms with Gasteiger partial charge in [0.25, 0.3) is 0 Å². The van der Waals surface area contributed by atoms with Gasteiger partial charge in [0.2, 0.25) is 5.91 Å². The summed E-state index contributed by atoms with van der Waals surface area (Å²) < 4.78 is 0. The van der Waals surface area contributed by atoms with Gasteiger partial charge in [-0.3, -0.25) is 9.59 Å². The summed E-state index contributed by atoms with van der Waals surface area (Å²) >= 11 is 1.42. The van der Waals surface area contributed by atoms with Gasteiger partial charge in [0.05, 0.1) is 17.3 Å². The molecule has 4 heteroatoms. The summed E-state index contributed by atoms with van der Waals surface area (Å²) in [5.41, 5.74) is 3.44. The zero-order chi connectivity index (χ0) is 16.4. The lowest BCUT2D eigenvalue weighted by atomic mass is 9.99. The minimum absolute atomic E-state index is 0.0626. The van der Waals surface area contributed by atoms with Crippen molar-refractivity contribution in [1.82, 2.24) is 4.90 Å². The zero-order valence-corrected chi connectivity index (χ0v) is 14.4. The van der Waals surface area contributed by atoms with Gasteiger partial charge >= 0.3 is 0 Å². The molecule has 1 aliphatic heterocycles. The minimum atomic E-state index is 0.0626. The molecule has 1 aromatic heterocycles. The molecule has 3 nitrogen and oxygen atoms in total. The predicted octanol–water partition coefficient (Wildman–Crippen LogP) is 4.17. The van der Waals surface area contributed by atoms with E-state index in [-0.39, 0.29) is 17.7 Å². The number of carbonyl (C=O) groups is 2. The van der Waals surface area contributed by atoms with Gasteiger partial charge in [-0.05, 0) is 54.8 Å². The number of amides is 1. The minimum Gasteiger partial charge on any atom is -0.335 e. The summed E-state index contributed by atoms with van der Waals surface area (Å²) in [5, 5.41) is 1.92. The fourth-order valence-electron chi connectivity index (χ4n) is 3.28. The Labute approximate surface area is 140 Å². The van der Waals surface area contributed by atoms with Gasteiger partial charge < -0.3 is 4.90 Å². The number of thiophene rings is 1. The summed E-state index contributed by atoms with van der Waals surface area (Å²) in [4.78, 5) is 26.9. The fraction of sp³-hybridized carbons (Fsp3) is 0.368. The third-order valence-electron chi connectivity index (χ3n) is 4.48. The van der Waals surface area contributed by atoms with Crippen molar-refractivity contribution in [3.63, 3.8) is 0 Å². The van der Waals surface area contributed by atoms with Crippen LogP contribution in [0.25, 0.3) is 0 Å². The molecule has 1 fully saturated rings. The molecule has 1 aromatic carbocycles. The Morgan fingerprint density at radius 3 is 2.78 bits per heavy atom. The molecule has 23 heavy (non-hydrogen) atoms. The van der Waals surface area contributed by atoms with E-state index in [4.69, 9.17) is 0 Å². The molecule has 0 N–H and O–H groups in total. The highest BCUT2D eigenvalue weighted by molar-refractivity contribution is 7.12. The molecule has 0 radical (unpaired) electrons. The van der Waals surface area contributed by atoms with E-state index in [1.807, 2.05) is 28.5 Å². The standard InChI is InChI=1S/C19H21NO2S/c1-13-6-3-4-7-16(13)17-8-5-9-20(17)19(22)11-15-10-18(14(2)21)23-12-15/h3-4,6-7,10,12,17H,5,8-9,11H2,1-2H3/t17-/m1/s1. The number of rotatable bonds is 4. The Morgan fingerprint density at radius 1 is 1.30 bits per heavy atom. The molecule has 1 amide bonds. The Balaban J connectivity index is 1.75. The smallest absolute Gasteiger partial charge is 0.227 e. The van der Waals surface area contributed by atoms with Crippen molar-refractivity contribution < 1.29 is 9.59 Å². The average molecular weight is 327 g/mol. The SMILES string of the molecule is CC(=O)c1cc(CC(=O)N2CCC[C@@H]2c2ccccc2C)cs1. The van der Waals surface area contributed by atoms with Crippen molar-refractivity contribution in [2.75, 3.05) is 6.54 Å². The van der Waals surface area contributed by atoms with Crippen LogP contribution in [0.1, 0.15) is 52.2 Å². The number of hydrogen-bond acceptors (Lipinski definition) is 3. The van der Waals surface area contributed by atoms with Gasteiger partial charge in [-0.25, -0.2) is 0 Å². The summed E-state index contributed by atoms with van der Waals surface area (Å²) in [7, 11) is 0. The van der Waals surface area contributed by atoms with Gasteiger partial charge in [-0.15, -0.1) is 11.3 Å². The monoisotopic (exact) mass is 327 g/mol. The van der Waals surface area contributed by atoms with E-state index >= 15 is 0 Å². The lowest BCUT2D eigenvalue weighted by molar-refractivity contribution is -0.131. The zero-order valence-electron chi connectivity index (χ0n) is 13.5. The molecule has 1 atom stereocenters. The topological polar surface area (TPSA) is 37.4 Å². The maximum Gasteiger partial charge on any atom is 0.227 e. The van der Waals surface area contributed by atoms with Crippen molar-refractivity contribution in [3.05, 3.63) is 57.3 Å². The lowest BCUT2D eigenvalue weighted by Gasteiger charge is -2.26. The van der Waals surface area contributed by atoms with Crippen LogP contribution in [0.15, 0.2) is 35.7 Å². The van der Waals surface area contributed by atoms with Crippen LogP contribution >= 0.6 is 11.3 Å². The van der Waals surface area contributed by atoms with E-state index in [2.05, 4.69) is 19.1 Å². The Bertz CT molecular complexity index is 734. The second-order valence-electron chi connectivity index (χ2n) is 6.15. The highest BCUT2D eigenvalue weighted by atomic mass is 32.1. The van der Waals surface area contributed by atoms with Gasteiger partial charge in [-0.1, -0.05) is 24.3 Å². The molecule has 1 saturated heterocycles. The number of Topliss-reactive ketones (excluding diaryl/α,β-unsaturated/α-hetero) is 1. The molecular formula is C19H21NO2S. The number of benzene rings is 1. The summed E-state index contributed by atoms with van der Waals surface area (Å²) in [6.45, 7) is 4.49. The van der Waals surface area contributed by atoms with Gasteiger partial charge in [-0.2, -0.15) is 0 Å². The molecule has 2 heterocycles. The third kappa shape index (κ3) is 3.37. The number of nitrogens with zero attached hydrogens (tertiary/aromatic N) is 1. The van der Waals surface area contributed by atoms with Crippen LogP contribution in [0, 0.1) is 6.92 Å². The fourth-order valence-corrected chi connectivity index (χ4v) is 4.09. The predicted molar refractivity (Wildman–Crippen MR) is 92.9 cm³/mol. The first kappa shape index (κ1) is 15.9. The van der Waals surface area contributed by atoms with Crippen LogP contribution in [0.2, 0.25) is 0 Å². The second kappa shape index (κ2) is 6.67. The molecule has 1 aliphatic rings. The highest BCUT2D eigenvalue weighted by Crippen LogP contribution is 2.34. The average Bonchev–Trinajstić information content (AvgIpc) is 3.16. The van der Waals surface area contributed by atoms with Crippen LogP contribution < -0.4 is 0 Å². The lowest BCUT2D eigenvalue weighted by Crippen LogP contribution is -2.32. The first-order chi connectivity index (χ1) is 11.1. The number of carbonyl (C=O) groups excluding carboxylic acids is 2. The van der Waals surface area contributed by atoms with E-state index < -0.39 is 0 Å². The molecule has 0 saturated carbocycles. The molecule has 0 bridgehead atoms. The van der Waals surface area contributed by atoms with Crippen LogP contribution in [0.5, 0.6) is 0 Å². The third-order valence-corrected chi connectivity index (χ3v) is 5.56. The van der Waals surface area contributed by atoms with Gasteiger partial charge in [0.1, 0.15) is 0 Å². The number of aryl methyl sites for hydroxylation is 1. The van der Waals surface area contributed by atoms with Crippen LogP contribution in [-0.2, 0) is 11.2 Å². The van der Waals surface area contributed by atoms with Gasteiger partial charge in [0.15, 0.2) is 5.78 Å². The van der Waals surface area contributed by atoms with Crippen molar-refractivity contribution in [2.24, 2.45) is 0 Å². The van der Waals surface area contributed by atoms with Crippen molar-refractivity contribution in [3.8, 4) is 0 Å². The van der Waals surface area contributed by atoms with E-state index in [1.165, 1.54) is 22.5 Å². The first-order valence-electron chi connectivity index (χ1n) is 7.99. The molecule has 0 unspecified atom stereocenters. The van der Waals surface area contributed by atoms with Crippen molar-refractivity contribution >= 4 is 23.0 Å². The molecule has 3 rings (SSSR count). The molecular weight excluding hydrogens is 306 g/mol. The summed E-state index contributed by atoms with van der Waals surface area (Å²) in [5.74, 6) is 0.219. The van der Waals surface area contributed by atoms with Crippen molar-refractivity contribution in [1.29, 1.82) is 0 Å². The first-order valence-corrected chi connectivity index (χ1v) is 8.87. The van der Waals surface area contributed by atoms with E-state index in [0.29, 0.717) is 6.42 Å². The Morgan fingerprint density at radius 2 is 2.09 bits per heavy atom. The Kier molecular flexibility index (Phi) is 4.62. The summed E-state index contributed by atoms with van der Waals surface area (Å²) in [6, 6.07) is 10.4. The van der Waals surface area contributed by atoms with Crippen LogP contribution in [0.3, 0.4) is 0 Å². The van der Waals surface area contributed by atoms with E-state index in [0.717, 1.165) is 29.8 Å². The van der Waals surface area contributed by atoms with Crippen molar-refractivity contribution in [2.45, 2.75) is 39.2 Å². The summed E-state index contributed by atoms with van der Waals surface area (Å²) in [6.07, 6.45) is 2.46. The number of likely N-dealkylation sites (tertiary alicyclic amines) is 1.